The highest BCUT2D eigenvalue weighted by molar-refractivity contribution is 8.00. The molecule has 78 valence electrons. The number of nitrogens with zero attached hydrogens (tertiary/aromatic N) is 2. The Hall–Kier alpha value is -1.31. The summed E-state index contributed by atoms with van der Waals surface area (Å²) in [6.07, 6.45) is 0. The average molecular weight is 221 g/mol. The molecular weight excluding hydrogens is 213 g/mol. The zero-order chi connectivity index (χ0) is 10.7. The van der Waals surface area contributed by atoms with Crippen molar-refractivity contribution in [2.45, 2.75) is 24.1 Å². The first-order chi connectivity index (χ1) is 6.56. The lowest BCUT2D eigenvalue weighted by molar-refractivity contribution is -0.139. The normalized spacial score (nSPS) is 12.7. The second-order valence-corrected chi connectivity index (χ2v) is 3.34. The Morgan fingerprint density at radius 2 is 2.50 bits per heavy atom. The van der Waals surface area contributed by atoms with E-state index < -0.39 is 17.2 Å². The number of alkyl halides is 1. The molecule has 0 amide bonds. The number of hydrogen-bond donors (Lipinski definition) is 2. The molecule has 0 saturated heterocycles. The van der Waals surface area contributed by atoms with Crippen LogP contribution in [-0.2, 0) is 11.3 Å². The summed E-state index contributed by atoms with van der Waals surface area (Å²) in [7, 11) is 0. The number of hydrogen-bond acceptors (Lipinski definition) is 4. The molecule has 0 fully saturated rings. The molecule has 0 spiro atoms. The first kappa shape index (κ1) is 10.8. The summed E-state index contributed by atoms with van der Waals surface area (Å²) in [5.41, 5.74) is -2.59. The lowest BCUT2D eigenvalue weighted by Gasteiger charge is -2.02. The van der Waals surface area contributed by atoms with Gasteiger partial charge in [0, 0.05) is 6.54 Å². The molecule has 8 heteroatoms. The largest absolute Gasteiger partial charge is 0.478 e. The highest BCUT2D eigenvalue weighted by Gasteiger charge is 2.20. The number of aromatic nitrogens is 3. The predicted octanol–water partition coefficient (Wildman–Crippen LogP) is 0.0636. The third kappa shape index (κ3) is 2.13. The number of aliphatic carboxylic acids is 1. The molecule has 6 nitrogen and oxygen atoms in total. The predicted molar refractivity (Wildman–Crippen MR) is 46.9 cm³/mol. The van der Waals surface area contributed by atoms with Gasteiger partial charge in [-0.3, -0.25) is 4.57 Å². The molecule has 0 radical (unpaired) electrons. The molecule has 0 aromatic carbocycles. The van der Waals surface area contributed by atoms with Crippen molar-refractivity contribution >= 4 is 17.7 Å². The van der Waals surface area contributed by atoms with E-state index in [1.54, 1.807) is 6.92 Å². The van der Waals surface area contributed by atoms with Crippen LogP contribution in [0.1, 0.15) is 6.92 Å². The van der Waals surface area contributed by atoms with Crippen molar-refractivity contribution < 1.29 is 14.3 Å². The van der Waals surface area contributed by atoms with Crippen LogP contribution in [0, 0.1) is 0 Å². The van der Waals surface area contributed by atoms with E-state index in [1.165, 1.54) is 0 Å². The minimum absolute atomic E-state index is 0.0346. The molecule has 0 aliphatic carbocycles. The van der Waals surface area contributed by atoms with Crippen LogP contribution in [0.5, 0.6) is 0 Å². The summed E-state index contributed by atoms with van der Waals surface area (Å²) >= 11 is 0.378. The van der Waals surface area contributed by atoms with Gasteiger partial charge in [-0.05, 0) is 18.7 Å². The van der Waals surface area contributed by atoms with E-state index >= 15 is 0 Å². The van der Waals surface area contributed by atoms with Crippen LogP contribution in [0.2, 0.25) is 0 Å². The van der Waals surface area contributed by atoms with Crippen molar-refractivity contribution in [2.75, 3.05) is 0 Å². The molecule has 0 aliphatic rings. The smallest absolute Gasteiger partial charge is 0.349 e. The van der Waals surface area contributed by atoms with Crippen LogP contribution < -0.4 is 5.69 Å². The molecule has 1 aromatic rings. The van der Waals surface area contributed by atoms with Crippen LogP contribution in [0.3, 0.4) is 0 Å². The van der Waals surface area contributed by atoms with Gasteiger partial charge in [0.05, 0.1) is 0 Å². The van der Waals surface area contributed by atoms with Gasteiger partial charge in [-0.1, -0.05) is 0 Å². The van der Waals surface area contributed by atoms with Crippen LogP contribution in [0.4, 0.5) is 4.39 Å². The van der Waals surface area contributed by atoms with Crippen molar-refractivity contribution in [3.05, 3.63) is 10.5 Å². The fourth-order valence-corrected chi connectivity index (χ4v) is 1.54. The fraction of sp³-hybridized carbons (Fsp3) is 0.500. The topological polar surface area (TPSA) is 88.0 Å². The van der Waals surface area contributed by atoms with Gasteiger partial charge in [-0.2, -0.15) is 0 Å². The Labute approximate surface area is 82.1 Å². The van der Waals surface area contributed by atoms with E-state index in [-0.39, 0.29) is 5.16 Å². The lowest BCUT2D eigenvalue weighted by Crippen LogP contribution is -2.17. The van der Waals surface area contributed by atoms with Gasteiger partial charge < -0.3 is 5.11 Å². The van der Waals surface area contributed by atoms with Gasteiger partial charge in [-0.25, -0.2) is 19.1 Å². The second-order valence-electron chi connectivity index (χ2n) is 2.33. The van der Waals surface area contributed by atoms with Gasteiger partial charge in [0.15, 0.2) is 5.16 Å². The van der Waals surface area contributed by atoms with Crippen LogP contribution >= 0.6 is 11.8 Å². The molecule has 1 aromatic heterocycles. The van der Waals surface area contributed by atoms with Gasteiger partial charge >= 0.3 is 11.7 Å². The third-order valence-electron chi connectivity index (χ3n) is 1.44. The highest BCUT2D eigenvalue weighted by atomic mass is 32.2. The first-order valence-corrected chi connectivity index (χ1v) is 4.63. The third-order valence-corrected chi connectivity index (χ3v) is 2.37. The Morgan fingerprint density at radius 1 is 1.86 bits per heavy atom. The minimum Gasteiger partial charge on any atom is -0.478 e. The second kappa shape index (κ2) is 4.27. The quantitative estimate of drug-likeness (QED) is 0.702. The lowest BCUT2D eigenvalue weighted by atomic mass is 10.7. The van der Waals surface area contributed by atoms with Crippen molar-refractivity contribution in [1.82, 2.24) is 14.8 Å². The number of rotatable bonds is 4. The maximum Gasteiger partial charge on any atom is 0.349 e. The van der Waals surface area contributed by atoms with Gasteiger partial charge in [0.1, 0.15) is 0 Å². The molecule has 2 N–H and O–H groups in total. The first-order valence-electron chi connectivity index (χ1n) is 3.75. The fourth-order valence-electron chi connectivity index (χ4n) is 0.815. The van der Waals surface area contributed by atoms with Gasteiger partial charge in [-0.15, -0.1) is 5.10 Å². The van der Waals surface area contributed by atoms with E-state index in [9.17, 15) is 14.0 Å². The summed E-state index contributed by atoms with van der Waals surface area (Å²) in [5, 5.41) is 13.9. The number of aromatic amines is 1. The zero-order valence-electron chi connectivity index (χ0n) is 7.23. The Balaban J connectivity index is 2.86. The summed E-state index contributed by atoms with van der Waals surface area (Å²) in [6.45, 7) is 1.99. The summed E-state index contributed by atoms with van der Waals surface area (Å²) < 4.78 is 13.9. The summed E-state index contributed by atoms with van der Waals surface area (Å²) in [6, 6.07) is 0. The number of H-pyrrole nitrogens is 1. The van der Waals surface area contributed by atoms with E-state index in [0.717, 1.165) is 4.57 Å². The van der Waals surface area contributed by atoms with E-state index in [1.807, 2.05) is 0 Å². The Morgan fingerprint density at radius 3 is 3.00 bits per heavy atom. The molecule has 1 heterocycles. The van der Waals surface area contributed by atoms with E-state index in [4.69, 9.17) is 5.11 Å². The standard InChI is InChI=1S/C6H8FN3O3S/c1-2-10-5(13)8-9-6(10)14-3(7)4(11)12/h3H,2H2,1H3,(H,8,13)(H,11,12). The maximum atomic E-state index is 12.7. The number of carbonyl (C=O) groups is 1. The number of carboxylic acids is 1. The summed E-state index contributed by atoms with van der Waals surface area (Å²) in [5.74, 6) is -1.59. The Bertz CT molecular complexity index is 388. The van der Waals surface area contributed by atoms with Crippen LogP contribution in [0.15, 0.2) is 9.95 Å². The molecule has 14 heavy (non-hydrogen) atoms. The minimum atomic E-state index is -2.12. The monoisotopic (exact) mass is 221 g/mol. The number of halogens is 1. The van der Waals surface area contributed by atoms with Crippen molar-refractivity contribution in [3.8, 4) is 0 Å². The molecule has 0 saturated carbocycles. The molecular formula is C6H8FN3O3S. The van der Waals surface area contributed by atoms with Crippen LogP contribution in [-0.4, -0.2) is 31.3 Å². The SMILES string of the molecule is CCn1c(SC(F)C(=O)O)n[nH]c1=O. The molecule has 1 unspecified atom stereocenters. The molecule has 0 aliphatic heterocycles. The summed E-state index contributed by atoms with van der Waals surface area (Å²) in [4.78, 5) is 21.2. The van der Waals surface area contributed by atoms with E-state index in [2.05, 4.69) is 10.2 Å². The molecule has 0 bridgehead atoms. The Kier molecular flexibility index (Phi) is 3.28. The van der Waals surface area contributed by atoms with Crippen molar-refractivity contribution in [1.29, 1.82) is 0 Å². The van der Waals surface area contributed by atoms with E-state index in [0.29, 0.717) is 18.3 Å². The van der Waals surface area contributed by atoms with Gasteiger partial charge in [0.2, 0.25) is 5.50 Å². The molecule has 1 atom stereocenters. The molecule has 1 rings (SSSR count). The van der Waals surface area contributed by atoms with Gasteiger partial charge in [0.25, 0.3) is 0 Å². The number of carboxylic acid groups (broad SMARTS) is 1. The zero-order valence-corrected chi connectivity index (χ0v) is 8.05. The maximum absolute atomic E-state index is 12.7. The number of thioether (sulfide) groups is 1. The van der Waals surface area contributed by atoms with Crippen molar-refractivity contribution in [2.24, 2.45) is 0 Å². The van der Waals surface area contributed by atoms with Crippen molar-refractivity contribution in [3.63, 3.8) is 0 Å². The number of nitrogens with one attached hydrogen (secondary N) is 1. The average Bonchev–Trinajstić information content (AvgIpc) is 2.46. The highest BCUT2D eigenvalue weighted by Crippen LogP contribution is 2.20. The van der Waals surface area contributed by atoms with Crippen LogP contribution in [0.25, 0.3) is 0 Å².